The SMILES string of the molecule is Cc1cc(C)c(C(=O)Nc2ccccc2)cc1N. The minimum atomic E-state index is -0.134. The first-order chi connectivity index (χ1) is 8.58. The lowest BCUT2D eigenvalue weighted by Gasteiger charge is -2.10. The van der Waals surface area contributed by atoms with E-state index < -0.39 is 0 Å². The van der Waals surface area contributed by atoms with Crippen molar-refractivity contribution in [3.63, 3.8) is 0 Å². The highest BCUT2D eigenvalue weighted by atomic mass is 16.1. The Hall–Kier alpha value is -2.29. The van der Waals surface area contributed by atoms with E-state index >= 15 is 0 Å². The molecule has 0 aliphatic carbocycles. The standard InChI is InChI=1S/C15H16N2O/c1-10-8-11(2)14(16)9-13(10)15(18)17-12-6-4-3-5-7-12/h3-9H,16H2,1-2H3,(H,17,18). The minimum Gasteiger partial charge on any atom is -0.398 e. The van der Waals surface area contributed by atoms with Crippen molar-refractivity contribution in [3.8, 4) is 0 Å². The number of para-hydroxylation sites is 1. The van der Waals surface area contributed by atoms with E-state index in [9.17, 15) is 4.79 Å². The van der Waals surface area contributed by atoms with Crippen LogP contribution in [0.2, 0.25) is 0 Å². The number of amides is 1. The van der Waals surface area contributed by atoms with Crippen LogP contribution in [0, 0.1) is 13.8 Å². The summed E-state index contributed by atoms with van der Waals surface area (Å²) in [6, 6.07) is 13.0. The Bertz CT molecular complexity index is 577. The Morgan fingerprint density at radius 1 is 1.06 bits per heavy atom. The van der Waals surface area contributed by atoms with E-state index in [0.717, 1.165) is 16.8 Å². The topological polar surface area (TPSA) is 55.1 Å². The first-order valence-corrected chi connectivity index (χ1v) is 5.81. The van der Waals surface area contributed by atoms with Gasteiger partial charge in [-0.05, 0) is 43.2 Å². The maximum atomic E-state index is 12.1. The molecule has 2 rings (SSSR count). The van der Waals surface area contributed by atoms with E-state index in [4.69, 9.17) is 5.73 Å². The number of nitrogens with two attached hydrogens (primary N) is 1. The van der Waals surface area contributed by atoms with Crippen LogP contribution >= 0.6 is 0 Å². The highest BCUT2D eigenvalue weighted by Crippen LogP contribution is 2.19. The monoisotopic (exact) mass is 240 g/mol. The van der Waals surface area contributed by atoms with Gasteiger partial charge in [-0.3, -0.25) is 4.79 Å². The number of nitrogen functional groups attached to an aromatic ring is 1. The van der Waals surface area contributed by atoms with Crippen LogP contribution in [-0.4, -0.2) is 5.91 Å². The lowest BCUT2D eigenvalue weighted by atomic mass is 10.0. The van der Waals surface area contributed by atoms with Crippen molar-refractivity contribution in [1.82, 2.24) is 0 Å². The molecule has 0 aliphatic heterocycles. The van der Waals surface area contributed by atoms with Gasteiger partial charge < -0.3 is 11.1 Å². The van der Waals surface area contributed by atoms with Gasteiger partial charge in [0.1, 0.15) is 0 Å². The zero-order valence-electron chi connectivity index (χ0n) is 10.5. The van der Waals surface area contributed by atoms with Crippen LogP contribution < -0.4 is 11.1 Å². The number of rotatable bonds is 2. The zero-order valence-corrected chi connectivity index (χ0v) is 10.5. The van der Waals surface area contributed by atoms with Gasteiger partial charge in [0, 0.05) is 16.9 Å². The second-order valence-electron chi connectivity index (χ2n) is 4.34. The molecule has 0 radical (unpaired) electrons. The number of hydrogen-bond acceptors (Lipinski definition) is 2. The summed E-state index contributed by atoms with van der Waals surface area (Å²) in [5.74, 6) is -0.134. The van der Waals surface area contributed by atoms with Crippen molar-refractivity contribution in [3.05, 3.63) is 59.2 Å². The molecule has 2 aromatic rings. The number of benzene rings is 2. The maximum absolute atomic E-state index is 12.1. The second-order valence-corrected chi connectivity index (χ2v) is 4.34. The van der Waals surface area contributed by atoms with Gasteiger partial charge >= 0.3 is 0 Å². The Morgan fingerprint density at radius 3 is 2.39 bits per heavy atom. The van der Waals surface area contributed by atoms with Crippen LogP contribution in [0.1, 0.15) is 21.5 Å². The highest BCUT2D eigenvalue weighted by Gasteiger charge is 2.10. The summed E-state index contributed by atoms with van der Waals surface area (Å²) in [6.07, 6.45) is 0. The summed E-state index contributed by atoms with van der Waals surface area (Å²) < 4.78 is 0. The number of hydrogen-bond donors (Lipinski definition) is 2. The third-order valence-corrected chi connectivity index (χ3v) is 2.89. The van der Waals surface area contributed by atoms with Crippen molar-refractivity contribution >= 4 is 17.3 Å². The predicted molar refractivity (Wildman–Crippen MR) is 74.7 cm³/mol. The molecule has 0 bridgehead atoms. The second kappa shape index (κ2) is 4.92. The molecule has 92 valence electrons. The van der Waals surface area contributed by atoms with E-state index in [2.05, 4.69) is 5.32 Å². The number of anilines is 2. The van der Waals surface area contributed by atoms with Crippen LogP contribution in [0.3, 0.4) is 0 Å². The quantitative estimate of drug-likeness (QED) is 0.792. The van der Waals surface area contributed by atoms with Gasteiger partial charge in [-0.1, -0.05) is 24.3 Å². The van der Waals surface area contributed by atoms with E-state index in [1.165, 1.54) is 0 Å². The molecule has 2 aromatic carbocycles. The summed E-state index contributed by atoms with van der Waals surface area (Å²) in [5.41, 5.74) is 9.79. The van der Waals surface area contributed by atoms with Gasteiger partial charge in [0.15, 0.2) is 0 Å². The normalized spacial score (nSPS) is 10.1. The molecule has 0 saturated heterocycles. The molecule has 0 heterocycles. The van der Waals surface area contributed by atoms with Gasteiger partial charge in [-0.25, -0.2) is 0 Å². The van der Waals surface area contributed by atoms with Crippen LogP contribution in [-0.2, 0) is 0 Å². The molecule has 3 N–H and O–H groups in total. The van der Waals surface area contributed by atoms with Gasteiger partial charge in [0.25, 0.3) is 5.91 Å². The molecule has 3 nitrogen and oxygen atoms in total. The first kappa shape index (κ1) is 12.2. The van der Waals surface area contributed by atoms with Gasteiger partial charge in [-0.2, -0.15) is 0 Å². The Morgan fingerprint density at radius 2 is 1.72 bits per heavy atom. The van der Waals surface area contributed by atoms with Crippen LogP contribution in [0.4, 0.5) is 11.4 Å². The largest absolute Gasteiger partial charge is 0.398 e. The van der Waals surface area contributed by atoms with Gasteiger partial charge in [-0.15, -0.1) is 0 Å². The molecule has 3 heteroatoms. The highest BCUT2D eigenvalue weighted by molar-refractivity contribution is 6.05. The van der Waals surface area contributed by atoms with Crippen molar-refractivity contribution in [1.29, 1.82) is 0 Å². The summed E-state index contributed by atoms with van der Waals surface area (Å²) in [5, 5.41) is 2.85. The van der Waals surface area contributed by atoms with Crippen molar-refractivity contribution in [2.24, 2.45) is 0 Å². The van der Waals surface area contributed by atoms with Gasteiger partial charge in [0.05, 0.1) is 0 Å². The summed E-state index contributed by atoms with van der Waals surface area (Å²) in [7, 11) is 0. The molecule has 0 atom stereocenters. The third kappa shape index (κ3) is 2.51. The lowest BCUT2D eigenvalue weighted by Crippen LogP contribution is -2.14. The van der Waals surface area contributed by atoms with Crippen molar-refractivity contribution in [2.45, 2.75) is 13.8 Å². The van der Waals surface area contributed by atoms with Crippen LogP contribution in [0.25, 0.3) is 0 Å². The molecule has 0 unspecified atom stereocenters. The summed E-state index contributed by atoms with van der Waals surface area (Å²) in [6.45, 7) is 3.84. The zero-order chi connectivity index (χ0) is 13.1. The number of carbonyl (C=O) groups is 1. The average Bonchev–Trinajstić information content (AvgIpc) is 2.35. The Balaban J connectivity index is 2.27. The molecule has 0 spiro atoms. The first-order valence-electron chi connectivity index (χ1n) is 5.81. The van der Waals surface area contributed by atoms with E-state index in [-0.39, 0.29) is 5.91 Å². The molecule has 0 aromatic heterocycles. The molecular weight excluding hydrogens is 224 g/mol. The Kier molecular flexibility index (Phi) is 3.33. The average molecular weight is 240 g/mol. The fourth-order valence-corrected chi connectivity index (χ4v) is 1.83. The number of carbonyl (C=O) groups excluding carboxylic acids is 1. The Labute approximate surface area is 107 Å². The molecule has 18 heavy (non-hydrogen) atoms. The fourth-order valence-electron chi connectivity index (χ4n) is 1.83. The minimum absolute atomic E-state index is 0.134. The molecule has 1 amide bonds. The van der Waals surface area contributed by atoms with E-state index in [1.54, 1.807) is 6.07 Å². The summed E-state index contributed by atoms with van der Waals surface area (Å²) >= 11 is 0. The van der Waals surface area contributed by atoms with Crippen molar-refractivity contribution in [2.75, 3.05) is 11.1 Å². The van der Waals surface area contributed by atoms with E-state index in [1.807, 2.05) is 50.2 Å². The summed E-state index contributed by atoms with van der Waals surface area (Å²) in [4.78, 5) is 12.1. The fraction of sp³-hybridized carbons (Fsp3) is 0.133. The number of aryl methyl sites for hydroxylation is 2. The number of nitrogens with one attached hydrogen (secondary N) is 1. The smallest absolute Gasteiger partial charge is 0.256 e. The molecule has 0 aliphatic rings. The third-order valence-electron chi connectivity index (χ3n) is 2.89. The maximum Gasteiger partial charge on any atom is 0.256 e. The molecule has 0 saturated carbocycles. The van der Waals surface area contributed by atoms with E-state index in [0.29, 0.717) is 11.3 Å². The van der Waals surface area contributed by atoms with Gasteiger partial charge in [0.2, 0.25) is 0 Å². The predicted octanol–water partition coefficient (Wildman–Crippen LogP) is 3.14. The van der Waals surface area contributed by atoms with Crippen LogP contribution in [0.15, 0.2) is 42.5 Å². The van der Waals surface area contributed by atoms with Crippen LogP contribution in [0.5, 0.6) is 0 Å². The molecular formula is C15H16N2O. The van der Waals surface area contributed by atoms with Crippen molar-refractivity contribution < 1.29 is 4.79 Å². The lowest BCUT2D eigenvalue weighted by molar-refractivity contribution is 0.102. The molecule has 0 fully saturated rings.